The summed E-state index contributed by atoms with van der Waals surface area (Å²) in [5.41, 5.74) is 2.93. The Hall–Kier alpha value is -0.540. The number of rotatable bonds is 4. The molecular formula is C15H25BrN2. The topological polar surface area (TPSA) is 15.3 Å². The van der Waals surface area contributed by atoms with E-state index >= 15 is 0 Å². The molecule has 0 aromatic heterocycles. The van der Waals surface area contributed by atoms with Crippen molar-refractivity contribution < 1.29 is 0 Å². The minimum absolute atomic E-state index is 0.294. The molecule has 1 unspecified atom stereocenters. The van der Waals surface area contributed by atoms with E-state index in [1.54, 1.807) is 0 Å². The van der Waals surface area contributed by atoms with Gasteiger partial charge < -0.3 is 10.2 Å². The molecule has 0 amide bonds. The van der Waals surface area contributed by atoms with Gasteiger partial charge in [0.05, 0.1) is 0 Å². The highest BCUT2D eigenvalue weighted by Gasteiger charge is 2.18. The molecule has 2 nitrogen and oxygen atoms in total. The van der Waals surface area contributed by atoms with Crippen molar-refractivity contribution in [2.45, 2.75) is 33.7 Å². The van der Waals surface area contributed by atoms with Gasteiger partial charge in [-0.3, -0.25) is 0 Å². The minimum Gasteiger partial charge on any atom is -0.374 e. The zero-order valence-electron chi connectivity index (χ0n) is 12.3. The highest BCUT2D eigenvalue weighted by molar-refractivity contribution is 9.10. The van der Waals surface area contributed by atoms with Gasteiger partial charge in [-0.05, 0) is 43.1 Å². The van der Waals surface area contributed by atoms with Crippen LogP contribution in [0.4, 0.5) is 5.69 Å². The van der Waals surface area contributed by atoms with Gasteiger partial charge in [0, 0.05) is 29.8 Å². The number of nitrogens with zero attached hydrogens (tertiary/aromatic N) is 1. The Labute approximate surface area is 120 Å². The molecule has 0 saturated heterocycles. The lowest BCUT2D eigenvalue weighted by Crippen LogP contribution is -2.30. The van der Waals surface area contributed by atoms with Crippen molar-refractivity contribution in [2.24, 2.45) is 5.41 Å². The Kier molecular flexibility index (Phi) is 5.23. The molecule has 0 radical (unpaired) electrons. The molecular weight excluding hydrogens is 288 g/mol. The fourth-order valence-electron chi connectivity index (χ4n) is 2.17. The van der Waals surface area contributed by atoms with Crippen LogP contribution in [-0.2, 0) is 0 Å². The van der Waals surface area contributed by atoms with Crippen LogP contribution in [-0.4, -0.2) is 20.6 Å². The third kappa shape index (κ3) is 4.29. The quantitative estimate of drug-likeness (QED) is 0.895. The average molecular weight is 313 g/mol. The summed E-state index contributed by atoms with van der Waals surface area (Å²) in [6, 6.07) is 6.86. The molecule has 0 heterocycles. The largest absolute Gasteiger partial charge is 0.374 e. The van der Waals surface area contributed by atoms with Crippen LogP contribution in [0.5, 0.6) is 0 Å². The number of halogens is 1. The molecule has 3 heteroatoms. The predicted octanol–water partition coefficient (Wildman–Crippen LogP) is 4.21. The van der Waals surface area contributed by atoms with Crippen molar-refractivity contribution in [2.75, 3.05) is 25.5 Å². The zero-order valence-corrected chi connectivity index (χ0v) is 13.9. The van der Waals surface area contributed by atoms with Crippen LogP contribution in [0, 0.1) is 5.41 Å². The average Bonchev–Trinajstić information content (AvgIpc) is 2.25. The Morgan fingerprint density at radius 3 is 2.44 bits per heavy atom. The standard InChI is InChI=1S/C15H25BrN2/c1-11(17-5)13-9-12(16)7-8-14(13)18(6)10-15(2,3)4/h7-9,11,17H,10H2,1-6H3. The van der Waals surface area contributed by atoms with E-state index in [1.807, 2.05) is 7.05 Å². The van der Waals surface area contributed by atoms with Crippen molar-refractivity contribution in [3.63, 3.8) is 0 Å². The van der Waals surface area contributed by atoms with Crippen molar-refractivity contribution >= 4 is 21.6 Å². The second kappa shape index (κ2) is 6.07. The molecule has 0 spiro atoms. The summed E-state index contributed by atoms with van der Waals surface area (Å²) < 4.78 is 1.13. The van der Waals surface area contributed by atoms with Gasteiger partial charge in [0.2, 0.25) is 0 Å². The van der Waals surface area contributed by atoms with E-state index in [9.17, 15) is 0 Å². The maximum Gasteiger partial charge on any atom is 0.0412 e. The van der Waals surface area contributed by atoms with Crippen LogP contribution in [0.2, 0.25) is 0 Å². The molecule has 0 aliphatic heterocycles. The molecule has 0 fully saturated rings. The lowest BCUT2D eigenvalue weighted by molar-refractivity contribution is 0.418. The monoisotopic (exact) mass is 312 g/mol. The van der Waals surface area contributed by atoms with Gasteiger partial charge in [0.1, 0.15) is 0 Å². The van der Waals surface area contributed by atoms with Crippen LogP contribution in [0.1, 0.15) is 39.3 Å². The van der Waals surface area contributed by atoms with Crippen molar-refractivity contribution in [1.82, 2.24) is 5.32 Å². The lowest BCUT2D eigenvalue weighted by atomic mass is 9.95. The van der Waals surface area contributed by atoms with Crippen LogP contribution in [0.15, 0.2) is 22.7 Å². The first-order valence-electron chi connectivity index (χ1n) is 6.42. The molecule has 1 atom stereocenters. The number of benzene rings is 1. The van der Waals surface area contributed by atoms with E-state index in [2.05, 4.69) is 79.1 Å². The molecule has 0 aliphatic carbocycles. The first-order chi connectivity index (χ1) is 8.24. The van der Waals surface area contributed by atoms with Crippen molar-refractivity contribution in [3.05, 3.63) is 28.2 Å². The number of anilines is 1. The first kappa shape index (κ1) is 15.5. The van der Waals surface area contributed by atoms with E-state index < -0.39 is 0 Å². The van der Waals surface area contributed by atoms with E-state index in [4.69, 9.17) is 0 Å². The van der Waals surface area contributed by atoms with Gasteiger partial charge in [-0.25, -0.2) is 0 Å². The Morgan fingerprint density at radius 1 is 1.33 bits per heavy atom. The van der Waals surface area contributed by atoms with Gasteiger partial charge in [-0.2, -0.15) is 0 Å². The molecule has 1 aromatic rings. The first-order valence-corrected chi connectivity index (χ1v) is 7.22. The molecule has 1 N–H and O–H groups in total. The fraction of sp³-hybridized carbons (Fsp3) is 0.600. The molecule has 0 bridgehead atoms. The minimum atomic E-state index is 0.294. The highest BCUT2D eigenvalue weighted by atomic mass is 79.9. The normalized spacial score (nSPS) is 13.5. The van der Waals surface area contributed by atoms with Crippen molar-refractivity contribution in [3.8, 4) is 0 Å². The third-order valence-corrected chi connectivity index (χ3v) is 3.51. The molecule has 0 saturated carbocycles. The number of hydrogen-bond acceptors (Lipinski definition) is 2. The van der Waals surface area contributed by atoms with E-state index in [0.29, 0.717) is 11.5 Å². The van der Waals surface area contributed by atoms with Gasteiger partial charge in [0.25, 0.3) is 0 Å². The molecule has 1 rings (SSSR count). The molecule has 0 aliphatic rings. The summed E-state index contributed by atoms with van der Waals surface area (Å²) in [6.45, 7) is 10.0. The van der Waals surface area contributed by atoms with Gasteiger partial charge in [0.15, 0.2) is 0 Å². The third-order valence-electron chi connectivity index (χ3n) is 3.01. The Balaban J connectivity index is 3.07. The molecule has 1 aromatic carbocycles. The lowest BCUT2D eigenvalue weighted by Gasteiger charge is -2.31. The Bertz CT molecular complexity index is 396. The summed E-state index contributed by atoms with van der Waals surface area (Å²) in [6.07, 6.45) is 0. The van der Waals surface area contributed by atoms with Gasteiger partial charge in [-0.15, -0.1) is 0 Å². The van der Waals surface area contributed by atoms with Crippen LogP contribution in [0.25, 0.3) is 0 Å². The van der Waals surface area contributed by atoms with E-state index in [1.165, 1.54) is 11.3 Å². The smallest absolute Gasteiger partial charge is 0.0412 e. The maximum atomic E-state index is 3.56. The van der Waals surface area contributed by atoms with E-state index in [0.717, 1.165) is 11.0 Å². The summed E-state index contributed by atoms with van der Waals surface area (Å²) in [5.74, 6) is 0. The summed E-state index contributed by atoms with van der Waals surface area (Å²) in [4.78, 5) is 2.34. The van der Waals surface area contributed by atoms with Gasteiger partial charge >= 0.3 is 0 Å². The van der Waals surface area contributed by atoms with Crippen LogP contribution < -0.4 is 10.2 Å². The Morgan fingerprint density at radius 2 is 1.94 bits per heavy atom. The molecule has 18 heavy (non-hydrogen) atoms. The van der Waals surface area contributed by atoms with Gasteiger partial charge in [-0.1, -0.05) is 36.7 Å². The highest BCUT2D eigenvalue weighted by Crippen LogP contribution is 2.30. The number of nitrogens with one attached hydrogen (secondary N) is 1. The summed E-state index contributed by atoms with van der Waals surface area (Å²) >= 11 is 3.56. The summed E-state index contributed by atoms with van der Waals surface area (Å²) in [7, 11) is 4.17. The molecule has 102 valence electrons. The zero-order chi connectivity index (χ0) is 13.9. The van der Waals surface area contributed by atoms with Crippen LogP contribution in [0.3, 0.4) is 0 Å². The van der Waals surface area contributed by atoms with Crippen LogP contribution >= 0.6 is 15.9 Å². The predicted molar refractivity (Wildman–Crippen MR) is 84.3 cm³/mol. The fourth-order valence-corrected chi connectivity index (χ4v) is 2.55. The second-order valence-electron chi connectivity index (χ2n) is 6.13. The maximum absolute atomic E-state index is 3.56. The second-order valence-corrected chi connectivity index (χ2v) is 7.05. The summed E-state index contributed by atoms with van der Waals surface area (Å²) in [5, 5.41) is 3.32. The SMILES string of the molecule is CNC(C)c1cc(Br)ccc1N(C)CC(C)(C)C. The number of hydrogen-bond donors (Lipinski definition) is 1. The van der Waals surface area contributed by atoms with Crippen molar-refractivity contribution in [1.29, 1.82) is 0 Å². The van der Waals surface area contributed by atoms with E-state index in [-0.39, 0.29) is 0 Å².